The molecule has 0 spiro atoms. The fourth-order valence-electron chi connectivity index (χ4n) is 3.73. The molecule has 1 heterocycles. The van der Waals surface area contributed by atoms with Gasteiger partial charge in [-0.3, -0.25) is 9.79 Å². The molecule has 0 aromatic heterocycles. The zero-order chi connectivity index (χ0) is 22.8. The van der Waals surface area contributed by atoms with E-state index in [9.17, 15) is 4.79 Å². The number of carbonyl (C=O) groups is 1. The summed E-state index contributed by atoms with van der Waals surface area (Å²) in [6.45, 7) is 8.90. The highest BCUT2D eigenvalue weighted by Crippen LogP contribution is 2.34. The summed E-state index contributed by atoms with van der Waals surface area (Å²) in [7, 11) is 4.90. The Morgan fingerprint density at radius 2 is 1.74 bits per heavy atom. The molecular formula is C23H38N4O4. The first kappa shape index (κ1) is 24.6. The molecule has 0 aliphatic carbocycles. The van der Waals surface area contributed by atoms with E-state index in [1.165, 1.54) is 0 Å². The first-order valence-electron chi connectivity index (χ1n) is 11.1. The third kappa shape index (κ3) is 6.94. The first-order chi connectivity index (χ1) is 14.9. The van der Waals surface area contributed by atoms with Crippen molar-refractivity contribution in [2.45, 2.75) is 46.1 Å². The minimum absolute atomic E-state index is 0.0512. The van der Waals surface area contributed by atoms with Gasteiger partial charge in [0, 0.05) is 55.8 Å². The molecule has 0 radical (unpaired) electrons. The number of hydrogen-bond donors (Lipinski definition) is 2. The van der Waals surface area contributed by atoms with Gasteiger partial charge in [0.15, 0.2) is 5.96 Å². The van der Waals surface area contributed by atoms with Crippen molar-refractivity contribution < 1.29 is 19.0 Å². The summed E-state index contributed by atoms with van der Waals surface area (Å²) < 4.78 is 16.4. The molecule has 8 nitrogen and oxygen atoms in total. The van der Waals surface area contributed by atoms with Gasteiger partial charge in [0.05, 0.1) is 21.3 Å². The van der Waals surface area contributed by atoms with Crippen molar-refractivity contribution in [2.75, 3.05) is 47.5 Å². The Balaban J connectivity index is 1.99. The highest BCUT2D eigenvalue weighted by atomic mass is 16.5. The van der Waals surface area contributed by atoms with Gasteiger partial charge < -0.3 is 29.7 Å². The number of methoxy groups -OCH3 is 3. The van der Waals surface area contributed by atoms with Crippen LogP contribution in [0, 0.1) is 5.92 Å². The van der Waals surface area contributed by atoms with Crippen LogP contribution >= 0.6 is 0 Å². The Morgan fingerprint density at radius 3 is 2.23 bits per heavy atom. The number of ether oxygens (including phenoxy) is 3. The number of benzene rings is 1. The number of rotatable bonds is 9. The lowest BCUT2D eigenvalue weighted by molar-refractivity contribution is -0.135. The van der Waals surface area contributed by atoms with Crippen LogP contribution in [0.5, 0.6) is 17.2 Å². The average Bonchev–Trinajstić information content (AvgIpc) is 2.78. The molecule has 0 atom stereocenters. The first-order valence-corrected chi connectivity index (χ1v) is 11.1. The molecule has 1 aliphatic heterocycles. The van der Waals surface area contributed by atoms with Gasteiger partial charge >= 0.3 is 0 Å². The highest BCUT2D eigenvalue weighted by molar-refractivity contribution is 5.80. The fourth-order valence-corrected chi connectivity index (χ4v) is 3.73. The second-order valence-corrected chi connectivity index (χ2v) is 7.92. The lowest BCUT2D eigenvalue weighted by Gasteiger charge is -2.34. The van der Waals surface area contributed by atoms with Crippen LogP contribution in [0.2, 0.25) is 0 Å². The van der Waals surface area contributed by atoms with Gasteiger partial charge in [-0.2, -0.15) is 0 Å². The Morgan fingerprint density at radius 1 is 1.13 bits per heavy atom. The number of piperidine rings is 1. The van der Waals surface area contributed by atoms with Crippen LogP contribution in [0.4, 0.5) is 0 Å². The number of guanidine groups is 1. The van der Waals surface area contributed by atoms with Crippen molar-refractivity contribution in [3.8, 4) is 17.2 Å². The number of amides is 1. The molecule has 1 fully saturated rings. The van der Waals surface area contributed by atoms with Crippen LogP contribution < -0.4 is 24.8 Å². The van der Waals surface area contributed by atoms with E-state index in [4.69, 9.17) is 19.2 Å². The lowest BCUT2D eigenvalue weighted by atomic mass is 10.0. The summed E-state index contributed by atoms with van der Waals surface area (Å²) in [4.78, 5) is 18.9. The molecule has 1 aliphatic rings. The maximum absolute atomic E-state index is 12.2. The Labute approximate surface area is 186 Å². The van der Waals surface area contributed by atoms with Crippen molar-refractivity contribution in [1.29, 1.82) is 0 Å². The summed E-state index contributed by atoms with van der Waals surface area (Å²) >= 11 is 0. The van der Waals surface area contributed by atoms with Gasteiger partial charge in [-0.25, -0.2) is 0 Å². The number of aliphatic imine (C=N–C) groups is 1. The Hall–Kier alpha value is -2.64. The third-order valence-electron chi connectivity index (χ3n) is 5.43. The summed E-state index contributed by atoms with van der Waals surface area (Å²) in [5, 5.41) is 6.85. The normalized spacial score (nSPS) is 15.1. The third-order valence-corrected chi connectivity index (χ3v) is 5.43. The number of carbonyl (C=O) groups excluding carboxylic acids is 1. The minimum atomic E-state index is 0.0512. The van der Waals surface area contributed by atoms with E-state index in [0.29, 0.717) is 24.8 Å². The van der Waals surface area contributed by atoms with Crippen LogP contribution in [-0.4, -0.2) is 70.3 Å². The molecular weight excluding hydrogens is 396 g/mol. The minimum Gasteiger partial charge on any atom is -0.496 e. The van der Waals surface area contributed by atoms with Crippen molar-refractivity contribution in [2.24, 2.45) is 10.9 Å². The Bertz CT molecular complexity index is 718. The van der Waals surface area contributed by atoms with E-state index in [1.54, 1.807) is 21.3 Å². The van der Waals surface area contributed by atoms with Crippen molar-refractivity contribution in [1.82, 2.24) is 15.5 Å². The predicted molar refractivity (Wildman–Crippen MR) is 123 cm³/mol. The molecule has 1 aromatic carbocycles. The van der Waals surface area contributed by atoms with Gasteiger partial charge in [0.2, 0.25) is 5.91 Å². The SMILES string of the molecule is CCNC(=NCCc1c(OC)cc(OC)cc1OC)NC1CCN(C(=O)C(C)C)CC1. The monoisotopic (exact) mass is 434 g/mol. The molecule has 31 heavy (non-hydrogen) atoms. The summed E-state index contributed by atoms with van der Waals surface area (Å²) in [6, 6.07) is 4.02. The number of likely N-dealkylation sites (tertiary alicyclic amines) is 1. The quantitative estimate of drug-likeness (QED) is 0.459. The van der Waals surface area contributed by atoms with Crippen LogP contribution in [0.1, 0.15) is 39.2 Å². The van der Waals surface area contributed by atoms with E-state index in [2.05, 4.69) is 17.6 Å². The fraction of sp³-hybridized carbons (Fsp3) is 0.652. The molecule has 174 valence electrons. The number of nitrogens with zero attached hydrogens (tertiary/aromatic N) is 2. The lowest BCUT2D eigenvalue weighted by Crippen LogP contribution is -2.50. The van der Waals surface area contributed by atoms with E-state index in [0.717, 1.165) is 55.5 Å². The van der Waals surface area contributed by atoms with Crippen molar-refractivity contribution >= 4 is 11.9 Å². The topological polar surface area (TPSA) is 84.4 Å². The number of hydrogen-bond acceptors (Lipinski definition) is 5. The molecule has 8 heteroatoms. The van der Waals surface area contributed by atoms with Gasteiger partial charge in [-0.15, -0.1) is 0 Å². The summed E-state index contributed by atoms with van der Waals surface area (Å²) in [5.74, 6) is 3.23. The van der Waals surface area contributed by atoms with Crippen LogP contribution in [0.3, 0.4) is 0 Å². The predicted octanol–water partition coefficient (Wildman–Crippen LogP) is 2.46. The zero-order valence-electron chi connectivity index (χ0n) is 19.8. The van der Waals surface area contributed by atoms with E-state index in [-0.39, 0.29) is 11.8 Å². The molecule has 0 saturated carbocycles. The van der Waals surface area contributed by atoms with E-state index < -0.39 is 0 Å². The Kier molecular flexibility index (Phi) is 9.75. The highest BCUT2D eigenvalue weighted by Gasteiger charge is 2.24. The van der Waals surface area contributed by atoms with E-state index >= 15 is 0 Å². The average molecular weight is 435 g/mol. The molecule has 0 unspecified atom stereocenters. The smallest absolute Gasteiger partial charge is 0.225 e. The van der Waals surface area contributed by atoms with Gasteiger partial charge in [-0.05, 0) is 26.2 Å². The van der Waals surface area contributed by atoms with Crippen LogP contribution in [0.25, 0.3) is 0 Å². The molecule has 2 N–H and O–H groups in total. The van der Waals surface area contributed by atoms with Gasteiger partial charge in [-0.1, -0.05) is 13.8 Å². The van der Waals surface area contributed by atoms with Gasteiger partial charge in [0.25, 0.3) is 0 Å². The molecule has 1 aromatic rings. The summed E-state index contributed by atoms with van der Waals surface area (Å²) in [6.07, 6.45) is 2.51. The van der Waals surface area contributed by atoms with Crippen molar-refractivity contribution in [3.05, 3.63) is 17.7 Å². The van der Waals surface area contributed by atoms with E-state index in [1.807, 2.05) is 30.9 Å². The number of nitrogens with one attached hydrogen (secondary N) is 2. The van der Waals surface area contributed by atoms with Crippen LogP contribution in [0.15, 0.2) is 17.1 Å². The molecule has 0 bridgehead atoms. The second kappa shape index (κ2) is 12.3. The zero-order valence-corrected chi connectivity index (χ0v) is 19.8. The summed E-state index contributed by atoms with van der Waals surface area (Å²) in [5.41, 5.74) is 0.964. The van der Waals surface area contributed by atoms with Crippen molar-refractivity contribution in [3.63, 3.8) is 0 Å². The molecule has 1 amide bonds. The maximum Gasteiger partial charge on any atom is 0.225 e. The maximum atomic E-state index is 12.2. The molecule has 1 saturated heterocycles. The standard InChI is InChI=1S/C23H38N4O4/c1-7-24-23(26-17-9-12-27(13-10-17)22(28)16(2)3)25-11-8-19-20(30-5)14-18(29-4)15-21(19)31-6/h14-17H,7-13H2,1-6H3,(H2,24,25,26). The van der Waals surface area contributed by atoms with Gasteiger partial charge in [0.1, 0.15) is 17.2 Å². The largest absolute Gasteiger partial charge is 0.496 e. The van der Waals surface area contributed by atoms with Crippen LogP contribution in [-0.2, 0) is 11.2 Å². The second-order valence-electron chi connectivity index (χ2n) is 7.92. The molecule has 2 rings (SSSR count).